The van der Waals surface area contributed by atoms with Gasteiger partial charge in [0.2, 0.25) is 5.91 Å². The van der Waals surface area contributed by atoms with Gasteiger partial charge in [0.1, 0.15) is 5.92 Å². The first kappa shape index (κ1) is 16.3. The number of likely N-dealkylation sites (tertiary alicyclic amines) is 1. The Bertz CT molecular complexity index is 1070. The molecule has 0 bridgehead atoms. The molecule has 1 aliphatic carbocycles. The molecule has 2 aromatic carbocycles. The number of rotatable bonds is 2. The van der Waals surface area contributed by atoms with E-state index in [9.17, 15) is 14.4 Å². The van der Waals surface area contributed by atoms with Gasteiger partial charge >= 0.3 is 0 Å². The highest BCUT2D eigenvalue weighted by atomic mass is 32.2. The van der Waals surface area contributed by atoms with E-state index in [1.807, 2.05) is 54.6 Å². The maximum atomic E-state index is 13.1. The Morgan fingerprint density at radius 2 is 1.70 bits per heavy atom. The molecule has 2 aliphatic heterocycles. The second-order valence-electron chi connectivity index (χ2n) is 6.84. The topological polar surface area (TPSA) is 54.5 Å². The van der Waals surface area contributed by atoms with Crippen LogP contribution in [-0.2, 0) is 27.3 Å². The smallest absolute Gasteiger partial charge is 0.258 e. The molecule has 5 heteroatoms. The summed E-state index contributed by atoms with van der Waals surface area (Å²) >= 11 is 1.50. The van der Waals surface area contributed by atoms with E-state index in [2.05, 4.69) is 0 Å². The molecular weight excluding hydrogens is 358 g/mol. The zero-order valence-corrected chi connectivity index (χ0v) is 15.2. The number of carbonyl (C=O) groups is 3. The van der Waals surface area contributed by atoms with Gasteiger partial charge in [-0.2, -0.15) is 0 Å². The summed E-state index contributed by atoms with van der Waals surface area (Å²) < 4.78 is 0. The molecule has 2 heterocycles. The van der Waals surface area contributed by atoms with Gasteiger partial charge in [-0.15, -0.1) is 0 Å². The molecule has 0 radical (unpaired) electrons. The highest BCUT2D eigenvalue weighted by Crippen LogP contribution is 2.45. The average molecular weight is 373 g/mol. The predicted octanol–water partition coefficient (Wildman–Crippen LogP) is 3.28. The normalized spacial score (nSPS) is 21.0. The molecule has 132 valence electrons. The number of thioether (sulfide) groups is 1. The number of ketones is 1. The van der Waals surface area contributed by atoms with E-state index in [1.54, 1.807) is 6.08 Å². The largest absolute Gasteiger partial charge is 0.293 e. The molecule has 1 fully saturated rings. The van der Waals surface area contributed by atoms with Crippen LogP contribution in [0, 0.1) is 5.92 Å². The molecule has 1 saturated heterocycles. The molecule has 2 aromatic rings. The van der Waals surface area contributed by atoms with Crippen LogP contribution in [0.4, 0.5) is 0 Å². The highest BCUT2D eigenvalue weighted by molar-refractivity contribution is 8.03. The Morgan fingerprint density at radius 1 is 0.963 bits per heavy atom. The minimum Gasteiger partial charge on any atom is -0.293 e. The van der Waals surface area contributed by atoms with Gasteiger partial charge in [0.15, 0.2) is 5.78 Å². The van der Waals surface area contributed by atoms with E-state index >= 15 is 0 Å². The van der Waals surface area contributed by atoms with Gasteiger partial charge in [0, 0.05) is 27.4 Å². The van der Waals surface area contributed by atoms with Crippen LogP contribution in [0.5, 0.6) is 0 Å². The summed E-state index contributed by atoms with van der Waals surface area (Å²) in [5, 5.41) is 0. The molecule has 27 heavy (non-hydrogen) atoms. The van der Waals surface area contributed by atoms with E-state index in [0.717, 1.165) is 20.9 Å². The van der Waals surface area contributed by atoms with Gasteiger partial charge in [-0.25, -0.2) is 0 Å². The van der Waals surface area contributed by atoms with Crippen molar-refractivity contribution in [1.29, 1.82) is 0 Å². The van der Waals surface area contributed by atoms with Crippen molar-refractivity contribution >= 4 is 29.4 Å². The molecule has 1 atom stereocenters. The second-order valence-corrected chi connectivity index (χ2v) is 7.93. The second kappa shape index (κ2) is 6.06. The minimum absolute atomic E-state index is 0.192. The SMILES string of the molecule is O=C1C2=C(C=C3C(=O)N(Cc4ccccc4)C(=O)C13)Sc1ccccc1C2. The number of carbonyl (C=O) groups excluding carboxylic acids is 3. The first-order valence-electron chi connectivity index (χ1n) is 8.78. The van der Waals surface area contributed by atoms with Crippen molar-refractivity contribution in [2.24, 2.45) is 5.92 Å². The van der Waals surface area contributed by atoms with Gasteiger partial charge in [-0.3, -0.25) is 19.3 Å². The van der Waals surface area contributed by atoms with Crippen LogP contribution in [0.2, 0.25) is 0 Å². The fourth-order valence-electron chi connectivity index (χ4n) is 3.83. The van der Waals surface area contributed by atoms with E-state index in [1.165, 1.54) is 16.7 Å². The fraction of sp³-hybridized carbons (Fsp3) is 0.136. The Kier molecular flexibility index (Phi) is 3.65. The van der Waals surface area contributed by atoms with Gasteiger partial charge in [-0.1, -0.05) is 60.3 Å². The Hall–Kier alpha value is -2.92. The zero-order valence-electron chi connectivity index (χ0n) is 14.3. The van der Waals surface area contributed by atoms with Crippen molar-refractivity contribution in [3.8, 4) is 0 Å². The number of fused-ring (bicyclic) bond motifs is 2. The van der Waals surface area contributed by atoms with E-state index in [0.29, 0.717) is 17.6 Å². The summed E-state index contributed by atoms with van der Waals surface area (Å²) in [6, 6.07) is 17.3. The van der Waals surface area contributed by atoms with Crippen LogP contribution >= 0.6 is 11.8 Å². The summed E-state index contributed by atoms with van der Waals surface area (Å²) in [6.07, 6.45) is 2.27. The molecule has 0 saturated carbocycles. The van der Waals surface area contributed by atoms with Gasteiger partial charge < -0.3 is 0 Å². The molecule has 1 unspecified atom stereocenters. The fourth-order valence-corrected chi connectivity index (χ4v) is 4.97. The monoisotopic (exact) mass is 373 g/mol. The number of imide groups is 1. The maximum Gasteiger partial charge on any atom is 0.258 e. The lowest BCUT2D eigenvalue weighted by atomic mass is 9.84. The van der Waals surface area contributed by atoms with Crippen LogP contribution in [0.3, 0.4) is 0 Å². The van der Waals surface area contributed by atoms with Gasteiger partial charge in [0.05, 0.1) is 6.54 Å². The third-order valence-electron chi connectivity index (χ3n) is 5.20. The number of benzene rings is 2. The summed E-state index contributed by atoms with van der Waals surface area (Å²) in [6.45, 7) is 0.192. The lowest BCUT2D eigenvalue weighted by Crippen LogP contribution is -2.33. The molecule has 4 nitrogen and oxygen atoms in total. The molecule has 2 amide bonds. The number of amides is 2. The molecular formula is C22H15NO3S. The van der Waals surface area contributed by atoms with E-state index < -0.39 is 11.8 Å². The average Bonchev–Trinajstić information content (AvgIpc) is 2.92. The Balaban J connectivity index is 1.50. The zero-order chi connectivity index (χ0) is 18.5. The third kappa shape index (κ3) is 2.50. The number of hydrogen-bond donors (Lipinski definition) is 0. The Labute approximate surface area is 160 Å². The van der Waals surface area contributed by atoms with Gasteiger partial charge in [-0.05, 0) is 23.3 Å². The first-order valence-corrected chi connectivity index (χ1v) is 9.59. The summed E-state index contributed by atoms with van der Waals surface area (Å²) in [7, 11) is 0. The van der Waals surface area contributed by atoms with E-state index in [4.69, 9.17) is 0 Å². The van der Waals surface area contributed by atoms with Crippen molar-refractivity contribution in [2.45, 2.75) is 17.9 Å². The minimum atomic E-state index is -0.981. The standard InChI is InChI=1S/C22H15NO3S/c24-20-15-10-14-8-4-5-9-17(14)27-18(15)11-16-19(20)22(26)23(21(16)25)12-13-6-2-1-3-7-13/h1-9,11,19H,10,12H2. The van der Waals surface area contributed by atoms with Crippen LogP contribution in [0.25, 0.3) is 0 Å². The Morgan fingerprint density at radius 3 is 2.52 bits per heavy atom. The molecule has 0 N–H and O–H groups in total. The summed E-state index contributed by atoms with van der Waals surface area (Å²) in [4.78, 5) is 42.0. The van der Waals surface area contributed by atoms with Crippen LogP contribution < -0.4 is 0 Å². The van der Waals surface area contributed by atoms with Crippen molar-refractivity contribution in [2.75, 3.05) is 0 Å². The maximum absolute atomic E-state index is 13.1. The van der Waals surface area contributed by atoms with Gasteiger partial charge in [0.25, 0.3) is 5.91 Å². The molecule has 3 aliphatic rings. The lowest BCUT2D eigenvalue weighted by molar-refractivity contribution is -0.140. The number of allylic oxidation sites excluding steroid dienone is 2. The van der Waals surface area contributed by atoms with Crippen molar-refractivity contribution in [3.63, 3.8) is 0 Å². The number of nitrogens with zero attached hydrogens (tertiary/aromatic N) is 1. The quantitative estimate of drug-likeness (QED) is 0.599. The molecule has 0 spiro atoms. The third-order valence-corrected chi connectivity index (χ3v) is 6.41. The van der Waals surface area contributed by atoms with Crippen molar-refractivity contribution in [1.82, 2.24) is 4.90 Å². The molecule has 0 aromatic heterocycles. The number of Topliss-reactive ketones (excluding diaryl/α,β-unsaturated/α-hetero) is 1. The van der Waals surface area contributed by atoms with Crippen LogP contribution in [0.1, 0.15) is 11.1 Å². The predicted molar refractivity (Wildman–Crippen MR) is 102 cm³/mol. The summed E-state index contributed by atoms with van der Waals surface area (Å²) in [5.41, 5.74) is 2.91. The van der Waals surface area contributed by atoms with Crippen LogP contribution in [-0.4, -0.2) is 22.5 Å². The first-order chi connectivity index (χ1) is 13.1. The van der Waals surface area contributed by atoms with E-state index in [-0.39, 0.29) is 18.2 Å². The molecule has 5 rings (SSSR count). The van der Waals surface area contributed by atoms with Crippen molar-refractivity contribution < 1.29 is 14.4 Å². The lowest BCUT2D eigenvalue weighted by Gasteiger charge is -2.25. The number of hydrogen-bond acceptors (Lipinski definition) is 4. The highest BCUT2D eigenvalue weighted by Gasteiger charge is 2.50. The van der Waals surface area contributed by atoms with Crippen molar-refractivity contribution in [3.05, 3.63) is 87.9 Å². The van der Waals surface area contributed by atoms with Crippen LogP contribution in [0.15, 0.2) is 81.6 Å². The summed E-state index contributed by atoms with van der Waals surface area (Å²) in [5.74, 6) is -1.96.